The Labute approximate surface area is 135 Å². The van der Waals surface area contributed by atoms with Gasteiger partial charge in [-0.3, -0.25) is 4.90 Å². The van der Waals surface area contributed by atoms with E-state index < -0.39 is 0 Å². The minimum Gasteiger partial charge on any atom is -0.299 e. The lowest BCUT2D eigenvalue weighted by Gasteiger charge is -2.32. The summed E-state index contributed by atoms with van der Waals surface area (Å²) in [4.78, 5) is 2.61. The summed E-state index contributed by atoms with van der Waals surface area (Å²) in [5.41, 5.74) is 2.94. The molecule has 0 spiro atoms. The van der Waals surface area contributed by atoms with Crippen molar-refractivity contribution in [2.75, 3.05) is 13.1 Å². The van der Waals surface area contributed by atoms with Crippen molar-refractivity contribution in [3.05, 3.63) is 71.8 Å². The minimum atomic E-state index is 0.940. The zero-order valence-electron chi connectivity index (χ0n) is 13.5. The maximum absolute atomic E-state index is 2.61. The zero-order valence-corrected chi connectivity index (χ0v) is 13.5. The van der Waals surface area contributed by atoms with Crippen molar-refractivity contribution in [3.63, 3.8) is 0 Å². The van der Waals surface area contributed by atoms with E-state index in [9.17, 15) is 0 Å². The molecule has 1 aliphatic rings. The van der Waals surface area contributed by atoms with Crippen LogP contribution in [0.4, 0.5) is 0 Å². The van der Waals surface area contributed by atoms with Crippen molar-refractivity contribution < 1.29 is 0 Å². The standard InChI is InChI=1S/C21H27N/c1-3-8-19(9-4-1)12-7-13-20-14-16-22(17-15-20)18-21-10-5-2-6-11-21/h1-6,8-11,20H,7,12-18H2. The molecular weight excluding hydrogens is 266 g/mol. The molecule has 0 atom stereocenters. The quantitative estimate of drug-likeness (QED) is 0.730. The van der Waals surface area contributed by atoms with E-state index in [2.05, 4.69) is 65.6 Å². The van der Waals surface area contributed by atoms with Gasteiger partial charge in [0.05, 0.1) is 0 Å². The van der Waals surface area contributed by atoms with E-state index in [4.69, 9.17) is 0 Å². The lowest BCUT2D eigenvalue weighted by molar-refractivity contribution is 0.171. The van der Waals surface area contributed by atoms with Crippen LogP contribution in [0.5, 0.6) is 0 Å². The zero-order chi connectivity index (χ0) is 15.0. The smallest absolute Gasteiger partial charge is 0.0233 e. The fraction of sp³-hybridized carbons (Fsp3) is 0.429. The molecule has 0 aromatic heterocycles. The maximum Gasteiger partial charge on any atom is 0.0233 e. The molecule has 1 heteroatoms. The highest BCUT2D eigenvalue weighted by atomic mass is 15.1. The molecule has 1 nitrogen and oxygen atoms in total. The van der Waals surface area contributed by atoms with E-state index in [0.29, 0.717) is 0 Å². The molecular formula is C21H27N. The van der Waals surface area contributed by atoms with Crippen molar-refractivity contribution >= 4 is 0 Å². The Kier molecular flexibility index (Phi) is 5.66. The summed E-state index contributed by atoms with van der Waals surface area (Å²) in [6, 6.07) is 21.8. The van der Waals surface area contributed by atoms with E-state index >= 15 is 0 Å². The number of rotatable bonds is 6. The van der Waals surface area contributed by atoms with Crippen molar-refractivity contribution in [2.45, 2.75) is 38.6 Å². The molecule has 0 radical (unpaired) electrons. The van der Waals surface area contributed by atoms with Gasteiger partial charge in [-0.1, -0.05) is 67.1 Å². The molecule has 116 valence electrons. The summed E-state index contributed by atoms with van der Waals surface area (Å²) in [6.45, 7) is 3.66. The molecule has 2 aromatic carbocycles. The molecule has 0 unspecified atom stereocenters. The van der Waals surface area contributed by atoms with Crippen LogP contribution in [0.1, 0.15) is 36.8 Å². The monoisotopic (exact) mass is 293 g/mol. The third kappa shape index (κ3) is 4.71. The SMILES string of the molecule is c1ccc(CCCC2CCN(Cc3ccccc3)CC2)cc1. The van der Waals surface area contributed by atoms with Crippen LogP contribution < -0.4 is 0 Å². The Morgan fingerprint density at radius 2 is 1.36 bits per heavy atom. The molecule has 1 aliphatic heterocycles. The van der Waals surface area contributed by atoms with Gasteiger partial charge >= 0.3 is 0 Å². The molecule has 1 heterocycles. The number of hydrogen-bond acceptors (Lipinski definition) is 1. The Balaban J connectivity index is 1.35. The highest BCUT2D eigenvalue weighted by molar-refractivity contribution is 5.15. The first kappa shape index (κ1) is 15.3. The first-order valence-electron chi connectivity index (χ1n) is 8.70. The molecule has 3 rings (SSSR count). The lowest BCUT2D eigenvalue weighted by Crippen LogP contribution is -2.33. The highest BCUT2D eigenvalue weighted by Crippen LogP contribution is 2.23. The second kappa shape index (κ2) is 8.14. The average Bonchev–Trinajstić information content (AvgIpc) is 2.58. The maximum atomic E-state index is 2.61. The van der Waals surface area contributed by atoms with Gasteiger partial charge in [0.1, 0.15) is 0 Å². The van der Waals surface area contributed by atoms with Gasteiger partial charge in [0.2, 0.25) is 0 Å². The number of likely N-dealkylation sites (tertiary alicyclic amines) is 1. The topological polar surface area (TPSA) is 3.24 Å². The van der Waals surface area contributed by atoms with Gasteiger partial charge < -0.3 is 0 Å². The molecule has 22 heavy (non-hydrogen) atoms. The number of nitrogens with zero attached hydrogens (tertiary/aromatic N) is 1. The number of aryl methyl sites for hydroxylation is 1. The van der Waals surface area contributed by atoms with E-state index in [1.165, 1.54) is 56.3 Å². The first-order valence-corrected chi connectivity index (χ1v) is 8.70. The van der Waals surface area contributed by atoms with Gasteiger partial charge in [-0.25, -0.2) is 0 Å². The van der Waals surface area contributed by atoms with Crippen molar-refractivity contribution in [1.82, 2.24) is 4.90 Å². The largest absolute Gasteiger partial charge is 0.299 e. The second-order valence-corrected chi connectivity index (χ2v) is 6.58. The van der Waals surface area contributed by atoms with Crippen LogP contribution in [0, 0.1) is 5.92 Å². The summed E-state index contributed by atoms with van der Waals surface area (Å²) in [7, 11) is 0. The fourth-order valence-electron chi connectivity index (χ4n) is 3.51. The number of hydrogen-bond donors (Lipinski definition) is 0. The van der Waals surface area contributed by atoms with Crippen LogP contribution >= 0.6 is 0 Å². The van der Waals surface area contributed by atoms with E-state index in [1.807, 2.05) is 0 Å². The Bertz CT molecular complexity index is 526. The number of piperidine rings is 1. The molecule has 0 bridgehead atoms. The summed E-state index contributed by atoms with van der Waals surface area (Å²) in [5.74, 6) is 0.940. The van der Waals surface area contributed by atoms with E-state index in [0.717, 1.165) is 12.5 Å². The Hall–Kier alpha value is -1.60. The third-order valence-corrected chi connectivity index (χ3v) is 4.88. The average molecular weight is 293 g/mol. The van der Waals surface area contributed by atoms with E-state index in [1.54, 1.807) is 0 Å². The summed E-state index contributed by atoms with van der Waals surface area (Å²) in [6.07, 6.45) is 6.73. The van der Waals surface area contributed by atoms with Crippen LogP contribution in [0.15, 0.2) is 60.7 Å². The summed E-state index contributed by atoms with van der Waals surface area (Å²) >= 11 is 0. The third-order valence-electron chi connectivity index (χ3n) is 4.88. The molecule has 1 saturated heterocycles. The van der Waals surface area contributed by atoms with Crippen molar-refractivity contribution in [3.8, 4) is 0 Å². The normalized spacial score (nSPS) is 16.7. The van der Waals surface area contributed by atoms with Gasteiger partial charge in [-0.2, -0.15) is 0 Å². The molecule has 0 saturated carbocycles. The van der Waals surface area contributed by atoms with Gasteiger partial charge in [-0.15, -0.1) is 0 Å². The van der Waals surface area contributed by atoms with Gasteiger partial charge in [0, 0.05) is 6.54 Å². The Morgan fingerprint density at radius 1 is 0.773 bits per heavy atom. The minimum absolute atomic E-state index is 0.940. The Morgan fingerprint density at radius 3 is 2.00 bits per heavy atom. The van der Waals surface area contributed by atoms with Gasteiger partial charge in [0.15, 0.2) is 0 Å². The molecule has 0 N–H and O–H groups in total. The van der Waals surface area contributed by atoms with E-state index in [-0.39, 0.29) is 0 Å². The summed E-state index contributed by atoms with van der Waals surface area (Å²) < 4.78 is 0. The molecule has 0 amide bonds. The molecule has 0 aliphatic carbocycles. The predicted octanol–water partition coefficient (Wildman–Crippen LogP) is 4.92. The van der Waals surface area contributed by atoms with Crippen molar-refractivity contribution in [2.24, 2.45) is 5.92 Å². The van der Waals surface area contributed by atoms with Crippen LogP contribution in [0.2, 0.25) is 0 Å². The second-order valence-electron chi connectivity index (χ2n) is 6.58. The predicted molar refractivity (Wildman–Crippen MR) is 93.8 cm³/mol. The molecule has 1 fully saturated rings. The van der Waals surface area contributed by atoms with Gasteiger partial charge in [-0.05, 0) is 55.8 Å². The van der Waals surface area contributed by atoms with Crippen molar-refractivity contribution in [1.29, 1.82) is 0 Å². The number of benzene rings is 2. The summed E-state index contributed by atoms with van der Waals surface area (Å²) in [5, 5.41) is 0. The van der Waals surface area contributed by atoms with Crippen LogP contribution in [0.25, 0.3) is 0 Å². The van der Waals surface area contributed by atoms with Crippen LogP contribution in [0.3, 0.4) is 0 Å². The van der Waals surface area contributed by atoms with Crippen LogP contribution in [-0.4, -0.2) is 18.0 Å². The first-order chi connectivity index (χ1) is 10.9. The highest BCUT2D eigenvalue weighted by Gasteiger charge is 2.18. The molecule has 2 aromatic rings. The van der Waals surface area contributed by atoms with Gasteiger partial charge in [0.25, 0.3) is 0 Å². The lowest BCUT2D eigenvalue weighted by atomic mass is 9.90. The fourth-order valence-corrected chi connectivity index (χ4v) is 3.51. The van der Waals surface area contributed by atoms with Crippen LogP contribution in [-0.2, 0) is 13.0 Å².